The molecule has 3 rings (SSSR count). The minimum Gasteiger partial charge on any atom is -0.378 e. The number of anilines is 1. The summed E-state index contributed by atoms with van der Waals surface area (Å²) in [4.78, 5) is 0. The van der Waals surface area contributed by atoms with E-state index in [0.717, 1.165) is 16.7 Å². The van der Waals surface area contributed by atoms with Gasteiger partial charge in [0, 0.05) is 18.6 Å². The summed E-state index contributed by atoms with van der Waals surface area (Å²) in [6.07, 6.45) is 5.41. The Morgan fingerprint density at radius 1 is 1.31 bits per heavy atom. The second-order valence-corrected chi connectivity index (χ2v) is 5.85. The first-order valence-corrected chi connectivity index (χ1v) is 6.83. The summed E-state index contributed by atoms with van der Waals surface area (Å²) in [5.41, 5.74) is 0. The second kappa shape index (κ2) is 4.30. The fourth-order valence-electron chi connectivity index (χ4n) is 2.87. The van der Waals surface area contributed by atoms with E-state index >= 15 is 0 Å². The molecule has 88 valence electrons. The van der Waals surface area contributed by atoms with Crippen molar-refractivity contribution in [2.24, 2.45) is 5.92 Å². The Bertz CT molecular complexity index is 368. The number of aryl methyl sites for hydroxylation is 1. The standard InChI is InChI=1S/C11H17N3OS/c1-7-13-14-11(16-7)12-9-3-2-4-10-8(9)5-6-15-10/h8-10H,2-6H2,1H3,(H,12,14)/t8-,9-,10+/m1/s1. The number of nitrogens with one attached hydrogen (secondary N) is 1. The molecule has 3 atom stereocenters. The molecule has 1 aliphatic heterocycles. The molecule has 16 heavy (non-hydrogen) atoms. The van der Waals surface area contributed by atoms with Gasteiger partial charge in [-0.15, -0.1) is 10.2 Å². The highest BCUT2D eigenvalue weighted by Gasteiger charge is 2.37. The Morgan fingerprint density at radius 2 is 2.25 bits per heavy atom. The van der Waals surface area contributed by atoms with Crippen molar-refractivity contribution in [1.29, 1.82) is 0 Å². The Hall–Kier alpha value is -0.680. The van der Waals surface area contributed by atoms with Gasteiger partial charge in [0.15, 0.2) is 0 Å². The van der Waals surface area contributed by atoms with Crippen LogP contribution in [0, 0.1) is 12.8 Å². The topological polar surface area (TPSA) is 47.0 Å². The molecule has 1 saturated heterocycles. The number of hydrogen-bond donors (Lipinski definition) is 1. The first kappa shape index (κ1) is 10.5. The van der Waals surface area contributed by atoms with E-state index in [1.54, 1.807) is 11.3 Å². The molecule has 0 bridgehead atoms. The lowest BCUT2D eigenvalue weighted by molar-refractivity contribution is 0.0620. The van der Waals surface area contributed by atoms with Crippen molar-refractivity contribution in [2.45, 2.75) is 44.8 Å². The Morgan fingerprint density at radius 3 is 3.06 bits per heavy atom. The van der Waals surface area contributed by atoms with Crippen LogP contribution in [0.1, 0.15) is 30.7 Å². The Kier molecular flexibility index (Phi) is 2.81. The number of fused-ring (bicyclic) bond motifs is 1. The van der Waals surface area contributed by atoms with E-state index in [1.807, 2.05) is 6.92 Å². The van der Waals surface area contributed by atoms with Gasteiger partial charge in [0.1, 0.15) is 5.01 Å². The van der Waals surface area contributed by atoms with Gasteiger partial charge in [0.05, 0.1) is 6.10 Å². The molecule has 1 N–H and O–H groups in total. The van der Waals surface area contributed by atoms with E-state index in [1.165, 1.54) is 25.7 Å². The van der Waals surface area contributed by atoms with Crippen LogP contribution in [0.15, 0.2) is 0 Å². The van der Waals surface area contributed by atoms with Crippen molar-refractivity contribution in [3.8, 4) is 0 Å². The van der Waals surface area contributed by atoms with Gasteiger partial charge in [-0.3, -0.25) is 0 Å². The summed E-state index contributed by atoms with van der Waals surface area (Å²) in [6.45, 7) is 2.92. The number of hydrogen-bond acceptors (Lipinski definition) is 5. The largest absolute Gasteiger partial charge is 0.378 e. The fraction of sp³-hybridized carbons (Fsp3) is 0.818. The van der Waals surface area contributed by atoms with E-state index in [2.05, 4.69) is 15.5 Å². The van der Waals surface area contributed by atoms with Gasteiger partial charge in [-0.1, -0.05) is 11.3 Å². The molecule has 1 aliphatic carbocycles. The van der Waals surface area contributed by atoms with E-state index in [4.69, 9.17) is 4.74 Å². The molecule has 1 aromatic rings. The van der Waals surface area contributed by atoms with Gasteiger partial charge < -0.3 is 10.1 Å². The monoisotopic (exact) mass is 239 g/mol. The lowest BCUT2D eigenvalue weighted by Gasteiger charge is -2.32. The molecule has 2 fully saturated rings. The molecule has 0 unspecified atom stereocenters. The van der Waals surface area contributed by atoms with Gasteiger partial charge in [-0.05, 0) is 32.6 Å². The summed E-state index contributed by atoms with van der Waals surface area (Å²) in [6, 6.07) is 0.536. The molecule has 2 aliphatic rings. The minimum absolute atomic E-state index is 0.486. The third kappa shape index (κ3) is 1.94. The van der Waals surface area contributed by atoms with Crippen LogP contribution in [0.5, 0.6) is 0 Å². The molecule has 0 radical (unpaired) electrons. The maximum Gasteiger partial charge on any atom is 0.205 e. The lowest BCUT2D eigenvalue weighted by Crippen LogP contribution is -2.38. The number of ether oxygens (including phenoxy) is 1. The molecule has 1 aromatic heterocycles. The summed E-state index contributed by atoms with van der Waals surface area (Å²) in [5.74, 6) is 0.679. The summed E-state index contributed by atoms with van der Waals surface area (Å²) in [5, 5.41) is 13.7. The van der Waals surface area contributed by atoms with Crippen molar-refractivity contribution >= 4 is 16.5 Å². The summed E-state index contributed by atoms with van der Waals surface area (Å²) >= 11 is 1.64. The third-order valence-electron chi connectivity index (χ3n) is 3.62. The smallest absolute Gasteiger partial charge is 0.205 e. The van der Waals surface area contributed by atoms with E-state index in [9.17, 15) is 0 Å². The zero-order valence-corrected chi connectivity index (χ0v) is 10.3. The minimum atomic E-state index is 0.486. The molecule has 2 heterocycles. The van der Waals surface area contributed by atoms with Gasteiger partial charge in [0.25, 0.3) is 0 Å². The predicted molar refractivity (Wildman–Crippen MR) is 63.8 cm³/mol. The van der Waals surface area contributed by atoms with E-state index < -0.39 is 0 Å². The zero-order valence-electron chi connectivity index (χ0n) is 9.48. The maximum atomic E-state index is 5.76. The number of rotatable bonds is 2. The molecular formula is C11H17N3OS. The highest BCUT2D eigenvalue weighted by atomic mass is 32.1. The van der Waals surface area contributed by atoms with Crippen molar-refractivity contribution in [2.75, 3.05) is 11.9 Å². The molecular weight excluding hydrogens is 222 g/mol. The highest BCUT2D eigenvalue weighted by Crippen LogP contribution is 2.36. The van der Waals surface area contributed by atoms with Gasteiger partial charge in [-0.25, -0.2) is 0 Å². The molecule has 1 saturated carbocycles. The molecule has 5 heteroatoms. The van der Waals surface area contributed by atoms with Crippen LogP contribution in [-0.4, -0.2) is 29.0 Å². The predicted octanol–water partition coefficient (Wildman–Crippen LogP) is 2.22. The maximum absolute atomic E-state index is 5.76. The highest BCUT2D eigenvalue weighted by molar-refractivity contribution is 7.15. The molecule has 0 amide bonds. The van der Waals surface area contributed by atoms with Crippen LogP contribution >= 0.6 is 11.3 Å². The average molecular weight is 239 g/mol. The van der Waals surface area contributed by atoms with Gasteiger partial charge in [-0.2, -0.15) is 0 Å². The third-order valence-corrected chi connectivity index (χ3v) is 4.39. The first-order chi connectivity index (χ1) is 7.83. The fourth-order valence-corrected chi connectivity index (χ4v) is 3.52. The summed E-state index contributed by atoms with van der Waals surface area (Å²) < 4.78 is 5.76. The number of nitrogens with zero attached hydrogens (tertiary/aromatic N) is 2. The Balaban J connectivity index is 1.69. The van der Waals surface area contributed by atoms with Gasteiger partial charge >= 0.3 is 0 Å². The Labute approximate surface area is 99.4 Å². The number of aromatic nitrogens is 2. The van der Waals surface area contributed by atoms with Crippen LogP contribution in [0.3, 0.4) is 0 Å². The van der Waals surface area contributed by atoms with E-state index in [-0.39, 0.29) is 0 Å². The van der Waals surface area contributed by atoms with Crippen molar-refractivity contribution < 1.29 is 4.74 Å². The first-order valence-electron chi connectivity index (χ1n) is 6.01. The zero-order chi connectivity index (χ0) is 11.0. The van der Waals surface area contributed by atoms with Crippen molar-refractivity contribution in [3.63, 3.8) is 0 Å². The lowest BCUT2D eigenvalue weighted by atomic mass is 9.82. The molecule has 0 aromatic carbocycles. The second-order valence-electron chi connectivity index (χ2n) is 4.67. The normalized spacial score (nSPS) is 33.7. The van der Waals surface area contributed by atoms with Crippen molar-refractivity contribution in [3.05, 3.63) is 5.01 Å². The average Bonchev–Trinajstić information content (AvgIpc) is 2.87. The molecule has 4 nitrogen and oxygen atoms in total. The van der Waals surface area contributed by atoms with Crippen LogP contribution < -0.4 is 5.32 Å². The van der Waals surface area contributed by atoms with Gasteiger partial charge in [0.2, 0.25) is 5.13 Å². The molecule has 0 spiro atoms. The SMILES string of the molecule is Cc1nnc(N[C@@H]2CCC[C@@H]3OCC[C@@H]32)s1. The van der Waals surface area contributed by atoms with Crippen LogP contribution in [0.2, 0.25) is 0 Å². The quantitative estimate of drug-likeness (QED) is 0.859. The van der Waals surface area contributed by atoms with Crippen LogP contribution in [0.25, 0.3) is 0 Å². The van der Waals surface area contributed by atoms with Crippen LogP contribution in [0.4, 0.5) is 5.13 Å². The summed E-state index contributed by atoms with van der Waals surface area (Å²) in [7, 11) is 0. The van der Waals surface area contributed by atoms with E-state index in [0.29, 0.717) is 18.1 Å². The van der Waals surface area contributed by atoms with Crippen molar-refractivity contribution in [1.82, 2.24) is 10.2 Å². The van der Waals surface area contributed by atoms with Crippen LogP contribution in [-0.2, 0) is 4.74 Å².